The van der Waals surface area contributed by atoms with Crippen LogP contribution in [0.3, 0.4) is 0 Å². The molecule has 3 aromatic carbocycles. The Bertz CT molecular complexity index is 1250. The van der Waals surface area contributed by atoms with Gasteiger partial charge in [-0.15, -0.1) is 0 Å². The molecule has 1 atom stereocenters. The number of nitrogens with zero attached hydrogens (tertiary/aromatic N) is 2. The van der Waals surface area contributed by atoms with Crippen LogP contribution in [-0.2, 0) is 4.79 Å². The first-order chi connectivity index (χ1) is 16.6. The van der Waals surface area contributed by atoms with Crippen molar-refractivity contribution in [1.82, 2.24) is 9.80 Å². The van der Waals surface area contributed by atoms with Crippen molar-refractivity contribution in [2.24, 2.45) is 0 Å². The fraction of sp³-hybridized carbons (Fsp3) is 0.250. The molecule has 34 heavy (non-hydrogen) atoms. The summed E-state index contributed by atoms with van der Waals surface area (Å²) < 4.78 is 0. The quantitative estimate of drug-likeness (QED) is 0.620. The van der Waals surface area contributed by atoms with E-state index < -0.39 is 6.04 Å². The van der Waals surface area contributed by atoms with Crippen molar-refractivity contribution >= 4 is 17.7 Å². The zero-order valence-electron chi connectivity index (χ0n) is 19.0. The Kier molecular flexibility index (Phi) is 4.85. The van der Waals surface area contributed by atoms with Gasteiger partial charge in [0.15, 0.2) is 0 Å². The molecule has 6 heteroatoms. The van der Waals surface area contributed by atoms with Crippen LogP contribution in [0.25, 0.3) is 11.1 Å². The summed E-state index contributed by atoms with van der Waals surface area (Å²) in [6, 6.07) is 23.4. The number of amides is 3. The van der Waals surface area contributed by atoms with Crippen molar-refractivity contribution in [1.29, 1.82) is 0 Å². The maximum atomic E-state index is 13.3. The van der Waals surface area contributed by atoms with Crippen LogP contribution in [0.5, 0.6) is 0 Å². The van der Waals surface area contributed by atoms with Crippen molar-refractivity contribution in [3.63, 3.8) is 0 Å². The zero-order chi connectivity index (χ0) is 23.4. The van der Waals surface area contributed by atoms with Crippen molar-refractivity contribution in [3.05, 3.63) is 95.1 Å². The molecular formula is C28H26N3O3+. The summed E-state index contributed by atoms with van der Waals surface area (Å²) in [6.45, 7) is 4.49. The van der Waals surface area contributed by atoms with Gasteiger partial charge in [0.2, 0.25) is 5.91 Å². The number of carbonyl (C=O) groups excluding carboxylic acids is 3. The minimum absolute atomic E-state index is 0.166. The van der Waals surface area contributed by atoms with Gasteiger partial charge < -0.3 is 9.80 Å². The van der Waals surface area contributed by atoms with E-state index in [1.807, 2.05) is 4.90 Å². The third kappa shape index (κ3) is 3.02. The number of carbonyl (C=O) groups is 3. The van der Waals surface area contributed by atoms with Gasteiger partial charge in [-0.25, -0.2) is 0 Å². The molecule has 3 aliphatic rings. The number of hydrogen-bond donors (Lipinski definition) is 1. The lowest BCUT2D eigenvalue weighted by Gasteiger charge is -2.37. The van der Waals surface area contributed by atoms with Crippen LogP contribution in [0.15, 0.2) is 72.8 Å². The molecule has 1 N–H and O–H groups in total. The van der Waals surface area contributed by atoms with Gasteiger partial charge in [-0.2, -0.15) is 0 Å². The van der Waals surface area contributed by atoms with Crippen LogP contribution >= 0.6 is 0 Å². The Morgan fingerprint density at radius 3 is 1.71 bits per heavy atom. The molecule has 3 aromatic rings. The maximum absolute atomic E-state index is 13.3. The molecule has 2 aliphatic heterocycles. The average Bonchev–Trinajstić information content (AvgIpc) is 3.35. The Labute approximate surface area is 198 Å². The Morgan fingerprint density at radius 1 is 0.765 bits per heavy atom. The molecule has 170 valence electrons. The summed E-state index contributed by atoms with van der Waals surface area (Å²) >= 11 is 0. The van der Waals surface area contributed by atoms with E-state index in [1.54, 1.807) is 31.2 Å². The van der Waals surface area contributed by atoms with Crippen LogP contribution in [-0.4, -0.2) is 59.7 Å². The predicted molar refractivity (Wildman–Crippen MR) is 127 cm³/mol. The van der Waals surface area contributed by atoms with E-state index >= 15 is 0 Å². The highest BCUT2D eigenvalue weighted by Crippen LogP contribution is 2.41. The number of benzene rings is 3. The summed E-state index contributed by atoms with van der Waals surface area (Å²) in [6.07, 6.45) is 0. The van der Waals surface area contributed by atoms with Gasteiger partial charge in [-0.3, -0.25) is 19.3 Å². The molecule has 0 radical (unpaired) electrons. The molecular weight excluding hydrogens is 426 g/mol. The molecule has 0 unspecified atom stereocenters. The Morgan fingerprint density at radius 2 is 1.21 bits per heavy atom. The predicted octanol–water partition coefficient (Wildman–Crippen LogP) is 2.17. The van der Waals surface area contributed by atoms with Gasteiger partial charge in [0.1, 0.15) is 12.1 Å². The second-order valence-corrected chi connectivity index (χ2v) is 9.29. The minimum Gasteiger partial charge on any atom is -0.330 e. The Balaban J connectivity index is 1.18. The minimum atomic E-state index is -0.818. The van der Waals surface area contributed by atoms with Crippen molar-refractivity contribution in [2.75, 3.05) is 26.2 Å². The molecule has 6 rings (SSSR count). The third-order valence-electron chi connectivity index (χ3n) is 7.53. The number of rotatable bonds is 3. The van der Waals surface area contributed by atoms with Crippen molar-refractivity contribution < 1.29 is 19.3 Å². The fourth-order valence-corrected chi connectivity index (χ4v) is 5.83. The van der Waals surface area contributed by atoms with Gasteiger partial charge >= 0.3 is 0 Å². The molecule has 1 fully saturated rings. The summed E-state index contributed by atoms with van der Waals surface area (Å²) in [7, 11) is 0. The first-order valence-corrected chi connectivity index (χ1v) is 11.8. The molecule has 0 aromatic heterocycles. The van der Waals surface area contributed by atoms with Crippen LogP contribution < -0.4 is 4.90 Å². The van der Waals surface area contributed by atoms with Crippen LogP contribution in [0.4, 0.5) is 0 Å². The van der Waals surface area contributed by atoms with Gasteiger partial charge in [0.25, 0.3) is 11.8 Å². The number of fused-ring (bicyclic) bond motifs is 4. The zero-order valence-corrected chi connectivity index (χ0v) is 19.0. The number of hydrogen-bond acceptors (Lipinski definition) is 3. The number of imide groups is 1. The normalized spacial score (nSPS) is 18.6. The van der Waals surface area contributed by atoms with Gasteiger partial charge in [-0.05, 0) is 30.2 Å². The molecule has 1 aliphatic carbocycles. The van der Waals surface area contributed by atoms with E-state index in [0.29, 0.717) is 24.2 Å². The highest BCUT2D eigenvalue weighted by molar-refractivity contribution is 6.22. The summed E-state index contributed by atoms with van der Waals surface area (Å²) in [4.78, 5) is 43.3. The molecule has 3 amide bonds. The lowest BCUT2D eigenvalue weighted by atomic mass is 10.0. The smallest absolute Gasteiger partial charge is 0.262 e. The van der Waals surface area contributed by atoms with E-state index in [2.05, 4.69) is 48.5 Å². The summed E-state index contributed by atoms with van der Waals surface area (Å²) in [5, 5.41) is 0. The van der Waals surface area contributed by atoms with E-state index in [0.717, 1.165) is 18.0 Å². The van der Waals surface area contributed by atoms with Crippen molar-refractivity contribution in [3.8, 4) is 11.1 Å². The fourth-order valence-electron chi connectivity index (χ4n) is 5.83. The maximum Gasteiger partial charge on any atom is 0.262 e. The molecule has 0 bridgehead atoms. The van der Waals surface area contributed by atoms with Gasteiger partial charge in [-0.1, -0.05) is 60.7 Å². The molecule has 6 nitrogen and oxygen atoms in total. The largest absolute Gasteiger partial charge is 0.330 e. The number of quaternary nitrogens is 1. The monoisotopic (exact) mass is 452 g/mol. The van der Waals surface area contributed by atoms with Crippen LogP contribution in [0, 0.1) is 0 Å². The molecule has 0 saturated carbocycles. The lowest BCUT2D eigenvalue weighted by Crippen LogP contribution is -3.15. The molecule has 0 spiro atoms. The second kappa shape index (κ2) is 7.92. The highest BCUT2D eigenvalue weighted by Gasteiger charge is 2.43. The lowest BCUT2D eigenvalue weighted by molar-refractivity contribution is -0.929. The first kappa shape index (κ1) is 20.8. The highest BCUT2D eigenvalue weighted by atomic mass is 16.2. The average molecular weight is 453 g/mol. The topological polar surface area (TPSA) is 62.1 Å². The van der Waals surface area contributed by atoms with Gasteiger partial charge in [0.05, 0.1) is 37.3 Å². The summed E-state index contributed by atoms with van der Waals surface area (Å²) in [5.41, 5.74) is 6.04. The van der Waals surface area contributed by atoms with Crippen molar-refractivity contribution in [2.45, 2.75) is 19.0 Å². The van der Waals surface area contributed by atoms with Gasteiger partial charge in [0, 0.05) is 11.1 Å². The SMILES string of the molecule is C[C@@H](C(=O)N1CC[NH+](C2c3ccccc3-c3ccccc32)CC1)N1C(=O)c2ccccc2C1=O. The number of piperazine rings is 1. The molecule has 2 heterocycles. The third-order valence-corrected chi connectivity index (χ3v) is 7.53. The summed E-state index contributed by atoms with van der Waals surface area (Å²) in [5.74, 6) is -0.935. The van der Waals surface area contributed by atoms with E-state index in [1.165, 1.54) is 27.2 Å². The first-order valence-electron chi connectivity index (χ1n) is 11.8. The second-order valence-electron chi connectivity index (χ2n) is 9.29. The van der Waals surface area contributed by atoms with Crippen LogP contribution in [0.2, 0.25) is 0 Å². The van der Waals surface area contributed by atoms with Crippen LogP contribution in [0.1, 0.15) is 44.8 Å². The van der Waals surface area contributed by atoms with E-state index in [-0.39, 0.29) is 23.8 Å². The van der Waals surface area contributed by atoms with E-state index in [4.69, 9.17) is 0 Å². The Hall–Kier alpha value is -3.77. The standard InChI is InChI=1S/C28H25N3O3/c1-18(31-27(33)23-12-6-7-13-24(23)28(31)34)26(32)30-16-14-29(15-17-30)25-21-10-4-2-8-19(21)20-9-3-5-11-22(20)25/h2-13,18,25H,14-17H2,1H3/p+1/t18-/m0/s1. The molecule has 1 saturated heterocycles. The number of nitrogens with one attached hydrogen (secondary N) is 1. The van der Waals surface area contributed by atoms with E-state index in [9.17, 15) is 14.4 Å².